The number of hydrogen-bond acceptors (Lipinski definition) is 3. The zero-order valence-electron chi connectivity index (χ0n) is 27.2. The molecular weight excluding hydrogens is 611 g/mol. The third kappa shape index (κ3) is 4.44. The maximum atomic E-state index is 5.45. The summed E-state index contributed by atoms with van der Waals surface area (Å²) in [7, 11) is 0. The molecule has 3 heterocycles. The molecule has 0 bridgehead atoms. The topological polar surface area (TPSA) is 48.5 Å². The third-order valence-corrected chi connectivity index (χ3v) is 9.90. The van der Waals surface area contributed by atoms with Gasteiger partial charge in [-0.15, -0.1) is 0 Å². The molecule has 0 unspecified atom stereocenters. The summed E-state index contributed by atoms with van der Waals surface area (Å²) in [4.78, 5) is 16.3. The number of hydrogen-bond donors (Lipinski definition) is 0. The Hall–Kier alpha value is -6.59. The molecule has 236 valence electrons. The summed E-state index contributed by atoms with van der Waals surface area (Å²) in [6.07, 6.45) is 6.40. The molecule has 50 heavy (non-hydrogen) atoms. The van der Waals surface area contributed by atoms with Crippen LogP contribution in [0.2, 0.25) is 0 Å². The van der Waals surface area contributed by atoms with Crippen LogP contribution >= 0.6 is 0 Å². The molecule has 0 N–H and O–H groups in total. The van der Waals surface area contributed by atoms with Gasteiger partial charge in [-0.3, -0.25) is 9.13 Å². The Morgan fingerprint density at radius 2 is 0.940 bits per heavy atom. The van der Waals surface area contributed by atoms with E-state index in [1.807, 2.05) is 0 Å². The van der Waals surface area contributed by atoms with Gasteiger partial charge >= 0.3 is 0 Å². The van der Waals surface area contributed by atoms with E-state index >= 15 is 0 Å². The lowest BCUT2D eigenvalue weighted by atomic mass is 9.91. The van der Waals surface area contributed by atoms with Crippen molar-refractivity contribution < 1.29 is 0 Å². The summed E-state index contributed by atoms with van der Waals surface area (Å²) in [5.41, 5.74) is 11.0. The molecule has 0 spiro atoms. The second kappa shape index (κ2) is 11.5. The van der Waals surface area contributed by atoms with Gasteiger partial charge in [0.05, 0.1) is 16.6 Å². The van der Waals surface area contributed by atoms with Crippen molar-refractivity contribution in [1.82, 2.24) is 24.1 Å². The number of rotatable bonds is 5. The van der Waals surface area contributed by atoms with Gasteiger partial charge in [-0.2, -0.15) is 15.0 Å². The molecule has 6 aromatic carbocycles. The lowest BCUT2D eigenvalue weighted by molar-refractivity contribution is 0.822. The number of para-hydroxylation sites is 3. The molecule has 0 saturated heterocycles. The first-order chi connectivity index (χ1) is 24.8. The van der Waals surface area contributed by atoms with Crippen molar-refractivity contribution in [3.05, 3.63) is 169 Å². The second-order valence-corrected chi connectivity index (χ2v) is 12.7. The van der Waals surface area contributed by atoms with Crippen molar-refractivity contribution in [2.24, 2.45) is 0 Å². The van der Waals surface area contributed by atoms with Gasteiger partial charge in [0, 0.05) is 33.0 Å². The number of aromatic nitrogens is 5. The fourth-order valence-corrected chi connectivity index (χ4v) is 7.71. The lowest BCUT2D eigenvalue weighted by Gasteiger charge is -2.18. The minimum atomic E-state index is 0.585. The highest BCUT2D eigenvalue weighted by atomic mass is 15.3. The second-order valence-electron chi connectivity index (χ2n) is 12.7. The minimum absolute atomic E-state index is 0.585. The first kappa shape index (κ1) is 28.4. The Labute approximate surface area is 289 Å². The zero-order valence-corrected chi connectivity index (χ0v) is 27.2. The lowest BCUT2D eigenvalue weighted by Crippen LogP contribution is -2.13. The van der Waals surface area contributed by atoms with Gasteiger partial charge in [0.2, 0.25) is 11.9 Å². The maximum absolute atomic E-state index is 5.45. The number of fused-ring (bicyclic) bond motifs is 6. The fraction of sp³-hybridized carbons (Fsp3) is 0.0444. The van der Waals surface area contributed by atoms with Crippen LogP contribution in [-0.4, -0.2) is 24.1 Å². The van der Waals surface area contributed by atoms with Gasteiger partial charge in [-0.05, 0) is 53.3 Å². The summed E-state index contributed by atoms with van der Waals surface area (Å²) < 4.78 is 4.47. The van der Waals surface area contributed by atoms with E-state index in [-0.39, 0.29) is 0 Å². The molecule has 3 aromatic heterocycles. The molecule has 5 heteroatoms. The molecule has 0 amide bonds. The molecule has 9 aromatic rings. The predicted octanol–water partition coefficient (Wildman–Crippen LogP) is 10.9. The van der Waals surface area contributed by atoms with Crippen LogP contribution in [0.1, 0.15) is 17.7 Å². The maximum Gasteiger partial charge on any atom is 0.240 e. The number of allylic oxidation sites excluding steroid dienone is 1. The van der Waals surface area contributed by atoms with Crippen molar-refractivity contribution >= 4 is 38.8 Å². The van der Waals surface area contributed by atoms with Crippen molar-refractivity contribution in [3.63, 3.8) is 0 Å². The molecule has 0 radical (unpaired) electrons. The highest BCUT2D eigenvalue weighted by Crippen LogP contribution is 2.41. The van der Waals surface area contributed by atoms with Crippen LogP contribution in [-0.2, 0) is 6.42 Å². The normalized spacial score (nSPS) is 12.6. The summed E-state index contributed by atoms with van der Waals surface area (Å²) >= 11 is 0. The van der Waals surface area contributed by atoms with Crippen LogP contribution in [0.3, 0.4) is 0 Å². The van der Waals surface area contributed by atoms with Gasteiger partial charge in [0.25, 0.3) is 0 Å². The van der Waals surface area contributed by atoms with E-state index in [0.717, 1.165) is 68.0 Å². The Kier molecular flexibility index (Phi) is 6.56. The zero-order chi connectivity index (χ0) is 33.0. The van der Waals surface area contributed by atoms with Crippen molar-refractivity contribution in [3.8, 4) is 45.5 Å². The standard InChI is InChI=1S/C45H31N5/c1-3-16-30(17-4-1)32-24-15-25-33(31-18-5-2-6-19-31)42(32)43-46-44(49-38-26-11-7-20-34(38)35-21-8-12-27-39(35)49)48-45(47-43)50-40-28-13-9-22-36(40)37-23-10-14-29-41(37)50/h1-13,15-28H,14,29H2. The Morgan fingerprint density at radius 3 is 1.54 bits per heavy atom. The summed E-state index contributed by atoms with van der Waals surface area (Å²) in [6.45, 7) is 0. The van der Waals surface area contributed by atoms with Crippen molar-refractivity contribution in [2.75, 3.05) is 0 Å². The van der Waals surface area contributed by atoms with Crippen molar-refractivity contribution in [2.45, 2.75) is 12.8 Å². The van der Waals surface area contributed by atoms with E-state index in [0.29, 0.717) is 17.7 Å². The molecule has 1 aliphatic carbocycles. The van der Waals surface area contributed by atoms with Gasteiger partial charge in [-0.1, -0.05) is 146 Å². The highest BCUT2D eigenvalue weighted by Gasteiger charge is 2.25. The smallest absolute Gasteiger partial charge is 0.240 e. The summed E-state index contributed by atoms with van der Waals surface area (Å²) in [5, 5.41) is 3.53. The van der Waals surface area contributed by atoms with E-state index in [1.54, 1.807) is 0 Å². The van der Waals surface area contributed by atoms with E-state index in [4.69, 9.17) is 15.0 Å². The van der Waals surface area contributed by atoms with Crippen LogP contribution in [0, 0.1) is 0 Å². The molecular formula is C45H31N5. The van der Waals surface area contributed by atoms with Crippen LogP contribution in [0.4, 0.5) is 0 Å². The molecule has 5 nitrogen and oxygen atoms in total. The van der Waals surface area contributed by atoms with Gasteiger partial charge in [0.15, 0.2) is 5.82 Å². The monoisotopic (exact) mass is 641 g/mol. The quantitative estimate of drug-likeness (QED) is 0.188. The Morgan fingerprint density at radius 1 is 0.440 bits per heavy atom. The van der Waals surface area contributed by atoms with E-state index < -0.39 is 0 Å². The van der Waals surface area contributed by atoms with Crippen LogP contribution in [0.25, 0.3) is 84.3 Å². The van der Waals surface area contributed by atoms with E-state index in [9.17, 15) is 0 Å². The van der Waals surface area contributed by atoms with Crippen LogP contribution in [0.5, 0.6) is 0 Å². The van der Waals surface area contributed by atoms with E-state index in [1.165, 1.54) is 16.6 Å². The summed E-state index contributed by atoms with van der Waals surface area (Å²) in [5.74, 6) is 1.83. The molecule has 0 aliphatic heterocycles. The highest BCUT2D eigenvalue weighted by molar-refractivity contribution is 6.09. The third-order valence-electron chi connectivity index (χ3n) is 9.90. The molecule has 0 atom stereocenters. The first-order valence-electron chi connectivity index (χ1n) is 17.1. The molecule has 0 saturated carbocycles. The van der Waals surface area contributed by atoms with Crippen LogP contribution < -0.4 is 0 Å². The fourth-order valence-electron chi connectivity index (χ4n) is 7.71. The number of nitrogens with zero attached hydrogens (tertiary/aromatic N) is 5. The average molecular weight is 642 g/mol. The van der Waals surface area contributed by atoms with Gasteiger partial charge < -0.3 is 0 Å². The largest absolute Gasteiger partial charge is 0.282 e. The number of benzene rings is 6. The Balaban J connectivity index is 1.35. The average Bonchev–Trinajstić information content (AvgIpc) is 3.71. The molecule has 0 fully saturated rings. The minimum Gasteiger partial charge on any atom is -0.282 e. The van der Waals surface area contributed by atoms with Gasteiger partial charge in [-0.25, -0.2) is 0 Å². The SMILES string of the molecule is C1=Cc2c(n(-c3nc(-c4c(-c5ccccc5)cccc4-c4ccccc4)nc(-n4c5ccccc5c5ccccc54)n3)c3ccccc23)CC1. The molecule has 10 rings (SSSR count). The first-order valence-corrected chi connectivity index (χ1v) is 17.1. The summed E-state index contributed by atoms with van der Waals surface area (Å²) in [6, 6.07) is 53.2. The van der Waals surface area contributed by atoms with Crippen molar-refractivity contribution in [1.29, 1.82) is 0 Å². The van der Waals surface area contributed by atoms with Gasteiger partial charge in [0.1, 0.15) is 0 Å². The molecule has 1 aliphatic rings. The Bertz CT molecular complexity index is 2640. The van der Waals surface area contributed by atoms with E-state index in [2.05, 4.69) is 173 Å². The van der Waals surface area contributed by atoms with Crippen LogP contribution in [0.15, 0.2) is 158 Å². The predicted molar refractivity (Wildman–Crippen MR) is 205 cm³/mol.